The molecule has 5 heteroatoms. The van der Waals surface area contributed by atoms with Gasteiger partial charge >= 0.3 is 12.1 Å². The highest BCUT2D eigenvalue weighted by atomic mass is 16.6. The molecule has 1 N–H and O–H groups in total. The Morgan fingerprint density at radius 1 is 0.826 bits per heavy atom. The third kappa shape index (κ3) is 5.93. The number of benzene rings is 1. The van der Waals surface area contributed by atoms with Gasteiger partial charge in [0.1, 0.15) is 11.2 Å². The van der Waals surface area contributed by atoms with E-state index in [-0.39, 0.29) is 0 Å². The first kappa shape index (κ1) is 19.0. The van der Waals surface area contributed by atoms with Crippen molar-refractivity contribution in [2.75, 3.05) is 0 Å². The average molecular weight is 321 g/mol. The molecule has 0 spiro atoms. The molecule has 1 aromatic rings. The summed E-state index contributed by atoms with van der Waals surface area (Å²) in [5, 5.41) is 2.65. The van der Waals surface area contributed by atoms with Crippen molar-refractivity contribution in [3.05, 3.63) is 35.9 Å². The molecule has 128 valence electrons. The van der Waals surface area contributed by atoms with Crippen molar-refractivity contribution < 1.29 is 19.1 Å². The highest BCUT2D eigenvalue weighted by molar-refractivity contribution is 5.87. The Kier molecular flexibility index (Phi) is 5.46. The predicted octanol–water partition coefficient (Wildman–Crippen LogP) is 3.77. The number of hydrogen-bond donors (Lipinski definition) is 1. The highest BCUT2D eigenvalue weighted by Gasteiger charge is 2.41. The first-order valence-electron chi connectivity index (χ1n) is 7.64. The van der Waals surface area contributed by atoms with Gasteiger partial charge in [0.25, 0.3) is 0 Å². The number of amides is 1. The minimum absolute atomic E-state index is 0.540. The smallest absolute Gasteiger partial charge is 0.408 e. The molecule has 0 aliphatic heterocycles. The molecule has 0 fully saturated rings. The van der Waals surface area contributed by atoms with E-state index < -0.39 is 28.8 Å². The number of carbonyl (C=O) groups is 2. The zero-order chi connectivity index (χ0) is 17.9. The monoisotopic (exact) mass is 321 g/mol. The predicted molar refractivity (Wildman–Crippen MR) is 89.0 cm³/mol. The quantitative estimate of drug-likeness (QED) is 0.861. The van der Waals surface area contributed by atoms with Gasteiger partial charge in [0, 0.05) is 0 Å². The molecule has 1 unspecified atom stereocenters. The van der Waals surface area contributed by atoms with E-state index in [9.17, 15) is 9.59 Å². The van der Waals surface area contributed by atoms with E-state index in [4.69, 9.17) is 9.47 Å². The number of ether oxygens (including phenoxy) is 2. The molecule has 0 saturated heterocycles. The SMILES string of the molecule is CC(C)(C)OC(=O)NC(C)(C(=O)OC(C)(C)C)c1ccccc1. The molecular formula is C18H27NO4. The van der Waals surface area contributed by atoms with Gasteiger partial charge in [-0.3, -0.25) is 0 Å². The van der Waals surface area contributed by atoms with E-state index in [2.05, 4.69) is 5.32 Å². The van der Waals surface area contributed by atoms with Gasteiger partial charge in [0.05, 0.1) is 0 Å². The van der Waals surface area contributed by atoms with E-state index in [1.54, 1.807) is 72.7 Å². The van der Waals surface area contributed by atoms with Crippen LogP contribution in [0.25, 0.3) is 0 Å². The Labute approximate surface area is 138 Å². The number of alkyl carbamates (subject to hydrolysis) is 1. The lowest BCUT2D eigenvalue weighted by atomic mass is 9.92. The van der Waals surface area contributed by atoms with Crippen LogP contribution in [0.3, 0.4) is 0 Å². The van der Waals surface area contributed by atoms with Gasteiger partial charge in [-0.25, -0.2) is 9.59 Å². The summed E-state index contributed by atoms with van der Waals surface area (Å²) >= 11 is 0. The van der Waals surface area contributed by atoms with Gasteiger partial charge < -0.3 is 14.8 Å². The van der Waals surface area contributed by atoms with Crippen LogP contribution in [0, 0.1) is 0 Å². The molecule has 0 aliphatic carbocycles. The second-order valence-corrected chi connectivity index (χ2v) is 7.62. The van der Waals surface area contributed by atoms with Gasteiger partial charge in [-0.15, -0.1) is 0 Å². The van der Waals surface area contributed by atoms with E-state index >= 15 is 0 Å². The van der Waals surface area contributed by atoms with E-state index in [0.717, 1.165) is 0 Å². The maximum absolute atomic E-state index is 12.7. The standard InChI is InChI=1S/C18H27NO4/c1-16(2,3)22-14(20)18(7,13-11-9-8-10-12-13)19-15(21)23-17(4,5)6/h8-12H,1-7H3,(H,19,21). The molecule has 1 rings (SSSR count). The van der Waals surface area contributed by atoms with Crippen LogP contribution in [0.1, 0.15) is 54.0 Å². The van der Waals surface area contributed by atoms with Crippen molar-refractivity contribution in [3.8, 4) is 0 Å². The minimum atomic E-state index is -1.34. The summed E-state index contributed by atoms with van der Waals surface area (Å²) in [6.07, 6.45) is -0.672. The summed E-state index contributed by atoms with van der Waals surface area (Å²) in [5.74, 6) is -0.540. The van der Waals surface area contributed by atoms with Crippen LogP contribution in [0.15, 0.2) is 30.3 Å². The van der Waals surface area contributed by atoms with Crippen molar-refractivity contribution in [2.24, 2.45) is 0 Å². The first-order valence-corrected chi connectivity index (χ1v) is 7.64. The molecule has 1 atom stereocenters. The summed E-state index contributed by atoms with van der Waals surface area (Å²) in [6, 6.07) is 8.97. The molecule has 0 saturated carbocycles. The molecule has 0 aliphatic rings. The molecular weight excluding hydrogens is 294 g/mol. The van der Waals surface area contributed by atoms with Crippen molar-refractivity contribution in [3.63, 3.8) is 0 Å². The molecule has 0 bridgehead atoms. The second-order valence-electron chi connectivity index (χ2n) is 7.62. The second kappa shape index (κ2) is 6.60. The van der Waals surface area contributed by atoms with Crippen LogP contribution in [0.4, 0.5) is 4.79 Å². The number of carbonyl (C=O) groups excluding carboxylic acids is 2. The maximum Gasteiger partial charge on any atom is 0.408 e. The number of rotatable bonds is 3. The van der Waals surface area contributed by atoms with Crippen molar-refractivity contribution in [1.82, 2.24) is 5.32 Å². The van der Waals surface area contributed by atoms with Crippen LogP contribution >= 0.6 is 0 Å². The molecule has 1 amide bonds. The van der Waals surface area contributed by atoms with Gasteiger partial charge in [-0.05, 0) is 54.0 Å². The summed E-state index contributed by atoms with van der Waals surface area (Å²) in [7, 11) is 0. The fraction of sp³-hybridized carbons (Fsp3) is 0.556. The molecule has 1 aromatic carbocycles. The van der Waals surface area contributed by atoms with Crippen LogP contribution in [-0.2, 0) is 19.8 Å². The van der Waals surface area contributed by atoms with Gasteiger partial charge in [-0.2, -0.15) is 0 Å². The zero-order valence-corrected chi connectivity index (χ0v) is 15.0. The molecule has 0 aromatic heterocycles. The normalized spacial score (nSPS) is 14.6. The van der Waals surface area contributed by atoms with Crippen molar-refractivity contribution >= 4 is 12.1 Å². The largest absolute Gasteiger partial charge is 0.458 e. The Morgan fingerprint density at radius 2 is 1.30 bits per heavy atom. The van der Waals surface area contributed by atoms with E-state index in [1.165, 1.54) is 0 Å². The van der Waals surface area contributed by atoms with Crippen molar-refractivity contribution in [2.45, 2.75) is 65.2 Å². The molecule has 23 heavy (non-hydrogen) atoms. The van der Waals surface area contributed by atoms with E-state index in [0.29, 0.717) is 5.56 Å². The fourth-order valence-corrected chi connectivity index (χ4v) is 1.90. The van der Waals surface area contributed by atoms with Crippen LogP contribution in [0.5, 0.6) is 0 Å². The fourth-order valence-electron chi connectivity index (χ4n) is 1.90. The van der Waals surface area contributed by atoms with Crippen molar-refractivity contribution in [1.29, 1.82) is 0 Å². The summed E-state index contributed by atoms with van der Waals surface area (Å²) in [6.45, 7) is 12.2. The average Bonchev–Trinajstić information content (AvgIpc) is 2.35. The molecule has 0 heterocycles. The highest BCUT2D eigenvalue weighted by Crippen LogP contribution is 2.25. The summed E-state index contributed by atoms with van der Waals surface area (Å²) < 4.78 is 10.8. The Balaban J connectivity index is 3.12. The summed E-state index contributed by atoms with van der Waals surface area (Å²) in [5.41, 5.74) is -2.03. The van der Waals surface area contributed by atoms with Crippen LogP contribution < -0.4 is 5.32 Å². The minimum Gasteiger partial charge on any atom is -0.458 e. The first-order chi connectivity index (χ1) is 10.3. The Morgan fingerprint density at radius 3 is 1.74 bits per heavy atom. The Bertz CT molecular complexity index is 555. The third-order valence-electron chi connectivity index (χ3n) is 2.91. The maximum atomic E-state index is 12.7. The Hall–Kier alpha value is -2.04. The molecule has 0 radical (unpaired) electrons. The van der Waals surface area contributed by atoms with Crippen LogP contribution in [0.2, 0.25) is 0 Å². The van der Waals surface area contributed by atoms with Gasteiger partial charge in [-0.1, -0.05) is 30.3 Å². The third-order valence-corrected chi connectivity index (χ3v) is 2.91. The lowest BCUT2D eigenvalue weighted by Gasteiger charge is -2.33. The number of esters is 1. The number of nitrogens with one attached hydrogen (secondary N) is 1. The van der Waals surface area contributed by atoms with E-state index in [1.807, 2.05) is 6.07 Å². The number of hydrogen-bond acceptors (Lipinski definition) is 4. The topological polar surface area (TPSA) is 64.6 Å². The lowest BCUT2D eigenvalue weighted by molar-refractivity contribution is -0.163. The van der Waals surface area contributed by atoms with Gasteiger partial charge in [0.2, 0.25) is 0 Å². The zero-order valence-electron chi connectivity index (χ0n) is 15.0. The van der Waals surface area contributed by atoms with Gasteiger partial charge in [0.15, 0.2) is 5.54 Å². The molecule has 5 nitrogen and oxygen atoms in total. The summed E-state index contributed by atoms with van der Waals surface area (Å²) in [4.78, 5) is 24.9. The lowest BCUT2D eigenvalue weighted by Crippen LogP contribution is -2.53. The van der Waals surface area contributed by atoms with Crippen LogP contribution in [-0.4, -0.2) is 23.3 Å².